The molecule has 2 heterocycles. The summed E-state index contributed by atoms with van der Waals surface area (Å²) in [5.41, 5.74) is 6.73. The van der Waals surface area contributed by atoms with E-state index in [2.05, 4.69) is 4.98 Å². The lowest BCUT2D eigenvalue weighted by Gasteiger charge is -2.30. The molecule has 0 spiro atoms. The molecule has 1 aliphatic rings. The van der Waals surface area contributed by atoms with Crippen molar-refractivity contribution in [2.75, 3.05) is 19.6 Å². The number of non-ortho nitro benzene ring substituents is 1. The molecule has 8 heteroatoms. The average molecular weight is 346 g/mol. The summed E-state index contributed by atoms with van der Waals surface area (Å²) in [6, 6.07) is 6.28. The third kappa shape index (κ3) is 3.44. The highest BCUT2D eigenvalue weighted by molar-refractivity contribution is 7.13. The van der Waals surface area contributed by atoms with Crippen molar-refractivity contribution in [3.8, 4) is 10.6 Å². The molecule has 0 radical (unpaired) electrons. The standard InChI is InChI=1S/C16H18N4O3S/c17-9-11-4-6-19(7-5-11)16(21)14-10-24-15(18-14)12-2-1-3-13(8-12)20(22)23/h1-3,8,10-11H,4-7,9,17H2. The lowest BCUT2D eigenvalue weighted by atomic mass is 9.97. The smallest absolute Gasteiger partial charge is 0.273 e. The number of hydrogen-bond acceptors (Lipinski definition) is 6. The number of nitrogens with two attached hydrogens (primary N) is 1. The number of nitro groups is 1. The van der Waals surface area contributed by atoms with Crippen LogP contribution in [-0.2, 0) is 0 Å². The number of thiazole rings is 1. The van der Waals surface area contributed by atoms with E-state index < -0.39 is 4.92 Å². The Morgan fingerprint density at radius 1 is 1.42 bits per heavy atom. The number of hydrogen-bond donors (Lipinski definition) is 1. The molecule has 0 aliphatic carbocycles. The van der Waals surface area contributed by atoms with Gasteiger partial charge in [-0.05, 0) is 25.3 Å². The Balaban J connectivity index is 1.75. The van der Waals surface area contributed by atoms with Crippen molar-refractivity contribution in [1.29, 1.82) is 0 Å². The number of nitrogens with zero attached hydrogens (tertiary/aromatic N) is 3. The van der Waals surface area contributed by atoms with Crippen LogP contribution in [0.15, 0.2) is 29.6 Å². The van der Waals surface area contributed by atoms with Gasteiger partial charge in [-0.3, -0.25) is 14.9 Å². The molecule has 0 saturated carbocycles. The number of amides is 1. The zero-order valence-corrected chi connectivity index (χ0v) is 13.9. The molecule has 1 aliphatic heterocycles. The van der Waals surface area contributed by atoms with Gasteiger partial charge in [0, 0.05) is 36.2 Å². The molecule has 126 valence electrons. The van der Waals surface area contributed by atoms with E-state index in [9.17, 15) is 14.9 Å². The summed E-state index contributed by atoms with van der Waals surface area (Å²) in [5, 5.41) is 13.2. The molecule has 1 aromatic carbocycles. The van der Waals surface area contributed by atoms with Crippen molar-refractivity contribution in [3.05, 3.63) is 45.5 Å². The van der Waals surface area contributed by atoms with E-state index in [1.807, 2.05) is 0 Å². The summed E-state index contributed by atoms with van der Waals surface area (Å²) in [6.45, 7) is 2.06. The normalized spacial score (nSPS) is 15.5. The van der Waals surface area contributed by atoms with Gasteiger partial charge in [0.2, 0.25) is 0 Å². The first-order chi connectivity index (χ1) is 11.6. The van der Waals surface area contributed by atoms with Crippen molar-refractivity contribution >= 4 is 22.9 Å². The Bertz CT molecular complexity index is 753. The lowest BCUT2D eigenvalue weighted by molar-refractivity contribution is -0.384. The van der Waals surface area contributed by atoms with Gasteiger partial charge in [0.1, 0.15) is 10.7 Å². The minimum absolute atomic E-state index is 0.0134. The molecule has 1 saturated heterocycles. The zero-order chi connectivity index (χ0) is 17.1. The van der Waals surface area contributed by atoms with E-state index in [1.54, 1.807) is 22.4 Å². The summed E-state index contributed by atoms with van der Waals surface area (Å²) < 4.78 is 0. The molecule has 0 unspecified atom stereocenters. The second-order valence-corrected chi connectivity index (χ2v) is 6.67. The molecule has 0 bridgehead atoms. The summed E-state index contributed by atoms with van der Waals surface area (Å²) >= 11 is 1.32. The van der Waals surface area contributed by atoms with E-state index in [0.29, 0.717) is 41.8 Å². The Morgan fingerprint density at radius 2 is 2.17 bits per heavy atom. The van der Waals surface area contributed by atoms with Gasteiger partial charge in [-0.25, -0.2) is 4.98 Å². The molecule has 2 aromatic rings. The Morgan fingerprint density at radius 3 is 2.83 bits per heavy atom. The first kappa shape index (κ1) is 16.5. The van der Waals surface area contributed by atoms with Crippen LogP contribution in [0, 0.1) is 16.0 Å². The second-order valence-electron chi connectivity index (χ2n) is 5.82. The van der Waals surface area contributed by atoms with Crippen molar-refractivity contribution in [2.45, 2.75) is 12.8 Å². The van der Waals surface area contributed by atoms with Crippen LogP contribution in [0.2, 0.25) is 0 Å². The predicted molar refractivity (Wildman–Crippen MR) is 91.9 cm³/mol. The topological polar surface area (TPSA) is 102 Å². The number of likely N-dealkylation sites (tertiary alicyclic amines) is 1. The summed E-state index contributed by atoms with van der Waals surface area (Å²) in [4.78, 5) is 29.2. The predicted octanol–water partition coefficient (Wildman–Crippen LogP) is 2.53. The van der Waals surface area contributed by atoms with E-state index in [-0.39, 0.29) is 11.6 Å². The lowest BCUT2D eigenvalue weighted by Crippen LogP contribution is -2.40. The highest BCUT2D eigenvalue weighted by Crippen LogP contribution is 2.28. The third-order valence-corrected chi connectivity index (χ3v) is 5.15. The monoisotopic (exact) mass is 346 g/mol. The van der Waals surface area contributed by atoms with Gasteiger partial charge >= 0.3 is 0 Å². The van der Waals surface area contributed by atoms with Gasteiger partial charge < -0.3 is 10.6 Å². The zero-order valence-electron chi connectivity index (χ0n) is 13.1. The van der Waals surface area contributed by atoms with E-state index in [4.69, 9.17) is 5.73 Å². The summed E-state index contributed by atoms with van der Waals surface area (Å²) in [5.74, 6) is 0.406. The highest BCUT2D eigenvalue weighted by atomic mass is 32.1. The molecule has 1 aromatic heterocycles. The van der Waals surface area contributed by atoms with Crippen LogP contribution in [0.1, 0.15) is 23.3 Å². The number of aromatic nitrogens is 1. The van der Waals surface area contributed by atoms with E-state index >= 15 is 0 Å². The Hall–Kier alpha value is -2.32. The van der Waals surface area contributed by atoms with Crippen LogP contribution in [-0.4, -0.2) is 40.3 Å². The van der Waals surface area contributed by atoms with Crippen LogP contribution in [0.25, 0.3) is 10.6 Å². The fourth-order valence-corrected chi connectivity index (χ4v) is 3.58. The quantitative estimate of drug-likeness (QED) is 0.677. The van der Waals surface area contributed by atoms with E-state index in [1.165, 1.54) is 23.5 Å². The van der Waals surface area contributed by atoms with Crippen LogP contribution in [0.5, 0.6) is 0 Å². The minimum atomic E-state index is -0.440. The van der Waals surface area contributed by atoms with Gasteiger partial charge in [0.05, 0.1) is 4.92 Å². The summed E-state index contributed by atoms with van der Waals surface area (Å²) in [7, 11) is 0. The number of carbonyl (C=O) groups is 1. The fourth-order valence-electron chi connectivity index (χ4n) is 2.79. The number of nitro benzene ring substituents is 1. The van der Waals surface area contributed by atoms with Gasteiger partial charge in [-0.15, -0.1) is 11.3 Å². The number of carbonyl (C=O) groups excluding carboxylic acids is 1. The fraction of sp³-hybridized carbons (Fsp3) is 0.375. The van der Waals surface area contributed by atoms with Crippen LogP contribution >= 0.6 is 11.3 Å². The van der Waals surface area contributed by atoms with Gasteiger partial charge in [-0.1, -0.05) is 12.1 Å². The molecule has 1 amide bonds. The summed E-state index contributed by atoms with van der Waals surface area (Å²) in [6.07, 6.45) is 1.84. The minimum Gasteiger partial charge on any atom is -0.337 e. The molecule has 7 nitrogen and oxygen atoms in total. The average Bonchev–Trinajstić information content (AvgIpc) is 3.11. The number of rotatable bonds is 4. The molecule has 3 rings (SSSR count). The third-order valence-electron chi connectivity index (χ3n) is 4.26. The SMILES string of the molecule is NCC1CCN(C(=O)c2csc(-c3cccc([N+](=O)[O-])c3)n2)CC1. The van der Waals surface area contributed by atoms with Crippen molar-refractivity contribution < 1.29 is 9.72 Å². The maximum atomic E-state index is 12.5. The Kier molecular flexibility index (Phi) is 4.86. The molecule has 0 atom stereocenters. The highest BCUT2D eigenvalue weighted by Gasteiger charge is 2.24. The van der Waals surface area contributed by atoms with Gasteiger partial charge in [0.25, 0.3) is 11.6 Å². The molecule has 24 heavy (non-hydrogen) atoms. The molecular formula is C16H18N4O3S. The number of benzene rings is 1. The maximum absolute atomic E-state index is 12.5. The Labute approximate surface area is 143 Å². The molecule has 2 N–H and O–H groups in total. The maximum Gasteiger partial charge on any atom is 0.273 e. The van der Waals surface area contributed by atoms with Crippen LogP contribution < -0.4 is 5.73 Å². The second kappa shape index (κ2) is 7.06. The number of piperidine rings is 1. The first-order valence-electron chi connectivity index (χ1n) is 7.78. The molecule has 1 fully saturated rings. The van der Waals surface area contributed by atoms with E-state index in [0.717, 1.165) is 12.8 Å². The van der Waals surface area contributed by atoms with Crippen molar-refractivity contribution in [1.82, 2.24) is 9.88 Å². The van der Waals surface area contributed by atoms with Crippen LogP contribution in [0.3, 0.4) is 0 Å². The van der Waals surface area contributed by atoms with Gasteiger partial charge in [0.15, 0.2) is 0 Å². The molecular weight excluding hydrogens is 328 g/mol. The van der Waals surface area contributed by atoms with Crippen molar-refractivity contribution in [2.24, 2.45) is 11.7 Å². The van der Waals surface area contributed by atoms with Crippen molar-refractivity contribution in [3.63, 3.8) is 0 Å². The van der Waals surface area contributed by atoms with Gasteiger partial charge in [-0.2, -0.15) is 0 Å². The van der Waals surface area contributed by atoms with Crippen LogP contribution in [0.4, 0.5) is 5.69 Å². The largest absolute Gasteiger partial charge is 0.337 e. The first-order valence-corrected chi connectivity index (χ1v) is 8.66.